The third-order valence-electron chi connectivity index (χ3n) is 5.48. The summed E-state index contributed by atoms with van der Waals surface area (Å²) in [5.41, 5.74) is 2.72. The van der Waals surface area contributed by atoms with Crippen LogP contribution < -0.4 is 0 Å². The molecule has 3 rings (SSSR count). The number of hydrogen-bond donors (Lipinski definition) is 0. The first-order valence-corrected chi connectivity index (χ1v) is 10.3. The molecule has 27 heavy (non-hydrogen) atoms. The lowest BCUT2D eigenvalue weighted by Crippen LogP contribution is -2.35. The molecule has 3 nitrogen and oxygen atoms in total. The highest BCUT2D eigenvalue weighted by molar-refractivity contribution is 5.76. The molecule has 0 aromatic heterocycles. The Morgan fingerprint density at radius 2 is 1.56 bits per heavy atom. The fourth-order valence-corrected chi connectivity index (χ4v) is 3.81. The Balaban J connectivity index is 1.42. The number of rotatable bonds is 7. The number of amides is 1. The molecule has 2 aromatic carbocycles. The highest BCUT2D eigenvalue weighted by Crippen LogP contribution is 2.16. The van der Waals surface area contributed by atoms with E-state index in [4.69, 9.17) is 0 Å². The molecule has 1 heterocycles. The highest BCUT2D eigenvalue weighted by atomic mass is 16.2. The van der Waals surface area contributed by atoms with E-state index in [1.54, 1.807) is 0 Å². The van der Waals surface area contributed by atoms with E-state index < -0.39 is 0 Å². The van der Waals surface area contributed by atoms with Crippen LogP contribution in [0.4, 0.5) is 0 Å². The molecule has 3 heteroatoms. The van der Waals surface area contributed by atoms with E-state index >= 15 is 0 Å². The summed E-state index contributed by atoms with van der Waals surface area (Å²) < 4.78 is 0. The summed E-state index contributed by atoms with van der Waals surface area (Å²) >= 11 is 0. The standard InChI is InChI=1S/C24H32N2O/c1-21(13-14-22-9-4-2-5-10-22)19-24(27)26-16-8-15-25(17-18-26)20-23-11-6-3-7-12-23/h2-7,9-12,21H,8,13-20H2,1H3. The Kier molecular flexibility index (Phi) is 7.46. The third-order valence-corrected chi connectivity index (χ3v) is 5.48. The average molecular weight is 365 g/mol. The Morgan fingerprint density at radius 1 is 0.889 bits per heavy atom. The number of carbonyl (C=O) groups is 1. The van der Waals surface area contributed by atoms with Crippen LogP contribution in [0.15, 0.2) is 60.7 Å². The van der Waals surface area contributed by atoms with E-state index in [1.165, 1.54) is 11.1 Å². The number of benzene rings is 2. The zero-order chi connectivity index (χ0) is 18.9. The SMILES string of the molecule is CC(CCc1ccccc1)CC(=O)N1CCCN(Cc2ccccc2)CC1. The molecular weight excluding hydrogens is 332 g/mol. The van der Waals surface area contributed by atoms with Crippen LogP contribution in [-0.4, -0.2) is 41.9 Å². The van der Waals surface area contributed by atoms with Crippen molar-refractivity contribution in [2.24, 2.45) is 5.92 Å². The van der Waals surface area contributed by atoms with Crippen molar-refractivity contribution in [3.05, 3.63) is 71.8 Å². The van der Waals surface area contributed by atoms with Gasteiger partial charge >= 0.3 is 0 Å². The second-order valence-corrected chi connectivity index (χ2v) is 7.83. The van der Waals surface area contributed by atoms with Crippen molar-refractivity contribution in [2.75, 3.05) is 26.2 Å². The molecule has 2 aromatic rings. The van der Waals surface area contributed by atoms with Gasteiger partial charge in [0.1, 0.15) is 0 Å². The summed E-state index contributed by atoms with van der Waals surface area (Å²) in [7, 11) is 0. The number of hydrogen-bond acceptors (Lipinski definition) is 2. The van der Waals surface area contributed by atoms with Crippen LogP contribution in [0.3, 0.4) is 0 Å². The first-order chi connectivity index (χ1) is 13.2. The molecule has 144 valence electrons. The van der Waals surface area contributed by atoms with Crippen molar-refractivity contribution >= 4 is 5.91 Å². The largest absolute Gasteiger partial charge is 0.341 e. The van der Waals surface area contributed by atoms with Gasteiger partial charge in [0, 0.05) is 39.1 Å². The van der Waals surface area contributed by atoms with Crippen LogP contribution in [0, 0.1) is 5.92 Å². The van der Waals surface area contributed by atoms with E-state index in [0.29, 0.717) is 18.2 Å². The Morgan fingerprint density at radius 3 is 2.26 bits per heavy atom. The predicted octanol–water partition coefficient (Wildman–Crippen LogP) is 4.38. The first kappa shape index (κ1) is 19.6. The van der Waals surface area contributed by atoms with Crippen LogP contribution >= 0.6 is 0 Å². The first-order valence-electron chi connectivity index (χ1n) is 10.3. The van der Waals surface area contributed by atoms with Gasteiger partial charge in [-0.15, -0.1) is 0 Å². The van der Waals surface area contributed by atoms with Crippen molar-refractivity contribution in [2.45, 2.75) is 39.2 Å². The average Bonchev–Trinajstić information content (AvgIpc) is 2.94. The molecule has 1 fully saturated rings. The van der Waals surface area contributed by atoms with Gasteiger partial charge in [0.05, 0.1) is 0 Å². The summed E-state index contributed by atoms with van der Waals surface area (Å²) in [4.78, 5) is 17.3. The molecule has 0 radical (unpaired) electrons. The van der Waals surface area contributed by atoms with Crippen LogP contribution in [-0.2, 0) is 17.8 Å². The minimum Gasteiger partial charge on any atom is -0.341 e. The van der Waals surface area contributed by atoms with Gasteiger partial charge in [-0.3, -0.25) is 9.69 Å². The highest BCUT2D eigenvalue weighted by Gasteiger charge is 2.20. The molecule has 1 aliphatic rings. The van der Waals surface area contributed by atoms with Crippen molar-refractivity contribution in [3.8, 4) is 0 Å². The van der Waals surface area contributed by atoms with Gasteiger partial charge in [-0.25, -0.2) is 0 Å². The van der Waals surface area contributed by atoms with Gasteiger partial charge in [0.15, 0.2) is 0 Å². The molecule has 1 unspecified atom stereocenters. The van der Waals surface area contributed by atoms with E-state index in [2.05, 4.69) is 77.4 Å². The van der Waals surface area contributed by atoms with E-state index in [-0.39, 0.29) is 0 Å². The smallest absolute Gasteiger partial charge is 0.222 e. The van der Waals surface area contributed by atoms with Crippen molar-refractivity contribution < 1.29 is 4.79 Å². The Hall–Kier alpha value is -2.13. The maximum absolute atomic E-state index is 12.7. The molecule has 1 saturated heterocycles. The summed E-state index contributed by atoms with van der Waals surface area (Å²) in [6.45, 7) is 6.99. The zero-order valence-corrected chi connectivity index (χ0v) is 16.5. The molecule has 0 N–H and O–H groups in total. The quantitative estimate of drug-likeness (QED) is 0.728. The monoisotopic (exact) mass is 364 g/mol. The third kappa shape index (κ3) is 6.51. The summed E-state index contributed by atoms with van der Waals surface area (Å²) in [5.74, 6) is 0.763. The van der Waals surface area contributed by atoms with Crippen LogP contribution in [0.5, 0.6) is 0 Å². The maximum Gasteiger partial charge on any atom is 0.222 e. The number of carbonyl (C=O) groups excluding carboxylic acids is 1. The van der Waals surface area contributed by atoms with E-state index in [1.807, 2.05) is 0 Å². The molecule has 1 aliphatic heterocycles. The lowest BCUT2D eigenvalue weighted by molar-refractivity contribution is -0.132. The van der Waals surface area contributed by atoms with Crippen LogP contribution in [0.2, 0.25) is 0 Å². The predicted molar refractivity (Wildman–Crippen MR) is 111 cm³/mol. The Labute approximate surface area is 164 Å². The lowest BCUT2D eigenvalue weighted by atomic mass is 9.97. The molecular formula is C24H32N2O. The molecule has 0 aliphatic carbocycles. The van der Waals surface area contributed by atoms with Crippen LogP contribution in [0.1, 0.15) is 37.3 Å². The summed E-state index contributed by atoms with van der Waals surface area (Å²) in [5, 5.41) is 0. The summed E-state index contributed by atoms with van der Waals surface area (Å²) in [6, 6.07) is 21.2. The molecule has 1 atom stereocenters. The van der Waals surface area contributed by atoms with E-state index in [9.17, 15) is 4.79 Å². The summed E-state index contributed by atoms with van der Waals surface area (Å²) in [6.07, 6.45) is 3.87. The minimum atomic E-state index is 0.331. The second-order valence-electron chi connectivity index (χ2n) is 7.83. The number of aryl methyl sites for hydroxylation is 1. The maximum atomic E-state index is 12.7. The second kappa shape index (κ2) is 10.3. The lowest BCUT2D eigenvalue weighted by Gasteiger charge is -2.23. The van der Waals surface area contributed by atoms with Gasteiger partial charge in [-0.05, 0) is 36.3 Å². The molecule has 0 bridgehead atoms. The Bertz CT molecular complexity index is 686. The normalized spacial score (nSPS) is 16.7. The molecule has 0 saturated carbocycles. The van der Waals surface area contributed by atoms with E-state index in [0.717, 1.165) is 52.0 Å². The van der Waals surface area contributed by atoms with Crippen molar-refractivity contribution in [1.29, 1.82) is 0 Å². The van der Waals surface area contributed by atoms with Gasteiger partial charge in [-0.2, -0.15) is 0 Å². The van der Waals surface area contributed by atoms with Gasteiger partial charge in [0.25, 0.3) is 0 Å². The minimum absolute atomic E-state index is 0.331. The van der Waals surface area contributed by atoms with Crippen molar-refractivity contribution in [1.82, 2.24) is 9.80 Å². The fraction of sp³-hybridized carbons (Fsp3) is 0.458. The van der Waals surface area contributed by atoms with Gasteiger partial charge in [0.2, 0.25) is 5.91 Å². The molecule has 0 spiro atoms. The van der Waals surface area contributed by atoms with Gasteiger partial charge < -0.3 is 4.90 Å². The zero-order valence-electron chi connectivity index (χ0n) is 16.5. The molecule has 1 amide bonds. The van der Waals surface area contributed by atoms with Crippen LogP contribution in [0.25, 0.3) is 0 Å². The van der Waals surface area contributed by atoms with Gasteiger partial charge in [-0.1, -0.05) is 67.6 Å². The fourth-order valence-electron chi connectivity index (χ4n) is 3.81. The van der Waals surface area contributed by atoms with Crippen molar-refractivity contribution in [3.63, 3.8) is 0 Å². The number of nitrogens with zero attached hydrogens (tertiary/aromatic N) is 2. The topological polar surface area (TPSA) is 23.6 Å².